The minimum Gasteiger partial charge on any atom is -0.493 e. The van der Waals surface area contributed by atoms with E-state index in [1.807, 2.05) is 4.68 Å². The van der Waals surface area contributed by atoms with Crippen molar-refractivity contribution < 1.29 is 9.15 Å². The lowest BCUT2D eigenvalue weighted by Crippen LogP contribution is -2.18. The van der Waals surface area contributed by atoms with Crippen LogP contribution in [0.4, 0.5) is 0 Å². The molecule has 0 saturated heterocycles. The Hall–Kier alpha value is -1.46. The maximum Gasteiger partial charge on any atom is 0.193 e. The third-order valence-corrected chi connectivity index (χ3v) is 2.90. The highest BCUT2D eigenvalue weighted by Gasteiger charge is 2.22. The van der Waals surface area contributed by atoms with Crippen LogP contribution in [0, 0.1) is 0 Å². The number of aryl methyl sites for hydroxylation is 1. The Bertz CT molecular complexity index is 521. The summed E-state index contributed by atoms with van der Waals surface area (Å²) in [6.45, 7) is 2.86. The second kappa shape index (κ2) is 5.46. The molecule has 0 aliphatic heterocycles. The molecule has 98 valence electrons. The molecule has 5 nitrogen and oxygen atoms in total. The van der Waals surface area contributed by atoms with Gasteiger partial charge in [0.05, 0.1) is 13.3 Å². The molecule has 0 radical (unpaired) electrons. The quantitative estimate of drug-likeness (QED) is 0.906. The molecule has 0 spiro atoms. The van der Waals surface area contributed by atoms with Gasteiger partial charge in [-0.25, -0.2) is 0 Å². The molecule has 0 aliphatic rings. The molecule has 0 aromatic carbocycles. The minimum absolute atomic E-state index is 0.320. The van der Waals surface area contributed by atoms with E-state index in [9.17, 15) is 0 Å². The first-order valence-electron chi connectivity index (χ1n) is 5.77. The average molecular weight is 270 g/mol. The summed E-state index contributed by atoms with van der Waals surface area (Å²) in [5, 5.41) is 4.59. The predicted octanol–water partition coefficient (Wildman–Crippen LogP) is 2.60. The van der Waals surface area contributed by atoms with Gasteiger partial charge in [-0.3, -0.25) is 4.68 Å². The molecule has 0 amide bonds. The third-order valence-electron chi connectivity index (χ3n) is 2.70. The zero-order valence-electron chi connectivity index (χ0n) is 10.4. The largest absolute Gasteiger partial charge is 0.493 e. The van der Waals surface area contributed by atoms with Gasteiger partial charge in [0.1, 0.15) is 17.5 Å². The normalized spacial score (nSPS) is 12.7. The van der Waals surface area contributed by atoms with Crippen molar-refractivity contribution in [3.05, 3.63) is 35.0 Å². The van der Waals surface area contributed by atoms with E-state index >= 15 is 0 Å². The molecule has 2 rings (SSSR count). The fourth-order valence-electron chi connectivity index (χ4n) is 1.87. The van der Waals surface area contributed by atoms with E-state index in [1.165, 1.54) is 0 Å². The Kier molecular flexibility index (Phi) is 3.93. The van der Waals surface area contributed by atoms with Crippen molar-refractivity contribution in [2.75, 3.05) is 7.11 Å². The van der Waals surface area contributed by atoms with Crippen molar-refractivity contribution in [1.82, 2.24) is 9.78 Å². The van der Waals surface area contributed by atoms with Crippen LogP contribution in [-0.4, -0.2) is 16.9 Å². The zero-order valence-corrected chi connectivity index (χ0v) is 11.1. The number of rotatable bonds is 5. The summed E-state index contributed by atoms with van der Waals surface area (Å²) in [6, 6.07) is 2.99. The van der Waals surface area contributed by atoms with Gasteiger partial charge in [0.25, 0.3) is 0 Å². The van der Waals surface area contributed by atoms with E-state index in [1.54, 1.807) is 25.4 Å². The van der Waals surface area contributed by atoms with Gasteiger partial charge in [-0.15, -0.1) is 0 Å². The van der Waals surface area contributed by atoms with Crippen LogP contribution in [0.1, 0.15) is 30.8 Å². The highest BCUT2D eigenvalue weighted by atomic mass is 35.5. The zero-order chi connectivity index (χ0) is 13.1. The van der Waals surface area contributed by atoms with Crippen LogP contribution in [-0.2, 0) is 6.54 Å². The van der Waals surface area contributed by atoms with Crippen LogP contribution in [0.3, 0.4) is 0 Å². The summed E-state index contributed by atoms with van der Waals surface area (Å²) in [5.41, 5.74) is 6.98. The monoisotopic (exact) mass is 269 g/mol. The number of hydrogen-bond donors (Lipinski definition) is 1. The predicted molar refractivity (Wildman–Crippen MR) is 68.8 cm³/mol. The van der Waals surface area contributed by atoms with Crippen molar-refractivity contribution in [1.29, 1.82) is 0 Å². The van der Waals surface area contributed by atoms with Crippen LogP contribution >= 0.6 is 11.6 Å². The highest BCUT2D eigenvalue weighted by molar-refractivity contribution is 6.28. The average Bonchev–Trinajstić information content (AvgIpc) is 2.95. The lowest BCUT2D eigenvalue weighted by Gasteiger charge is -2.13. The number of halogens is 1. The molecule has 18 heavy (non-hydrogen) atoms. The summed E-state index contributed by atoms with van der Waals surface area (Å²) in [4.78, 5) is 0. The molecule has 1 unspecified atom stereocenters. The summed E-state index contributed by atoms with van der Waals surface area (Å²) >= 11 is 5.76. The van der Waals surface area contributed by atoms with Gasteiger partial charge in [-0.2, -0.15) is 5.10 Å². The van der Waals surface area contributed by atoms with Crippen molar-refractivity contribution >= 4 is 11.6 Å². The van der Waals surface area contributed by atoms with Crippen LogP contribution in [0.5, 0.6) is 5.75 Å². The molecule has 2 aromatic heterocycles. The van der Waals surface area contributed by atoms with Crippen LogP contribution in [0.2, 0.25) is 5.22 Å². The minimum atomic E-state index is -0.443. The summed E-state index contributed by atoms with van der Waals surface area (Å²) in [7, 11) is 1.60. The first-order valence-corrected chi connectivity index (χ1v) is 6.15. The molecule has 2 N–H and O–H groups in total. The number of nitrogens with two attached hydrogens (primary N) is 1. The third kappa shape index (κ3) is 2.37. The molecular formula is C12H16ClN3O2. The number of nitrogens with zero attached hydrogens (tertiary/aromatic N) is 2. The van der Waals surface area contributed by atoms with Crippen molar-refractivity contribution in [2.24, 2.45) is 5.73 Å². The van der Waals surface area contributed by atoms with Gasteiger partial charge < -0.3 is 14.9 Å². The molecular weight excluding hydrogens is 254 g/mol. The van der Waals surface area contributed by atoms with E-state index in [0.29, 0.717) is 16.7 Å². The van der Waals surface area contributed by atoms with Crippen LogP contribution < -0.4 is 10.5 Å². The lowest BCUT2D eigenvalue weighted by molar-refractivity contribution is 0.396. The fourth-order valence-corrected chi connectivity index (χ4v) is 2.02. The maximum absolute atomic E-state index is 6.19. The molecule has 2 aromatic rings. The van der Waals surface area contributed by atoms with Crippen molar-refractivity contribution in [3.63, 3.8) is 0 Å². The van der Waals surface area contributed by atoms with Gasteiger partial charge in [-0.05, 0) is 30.2 Å². The maximum atomic E-state index is 6.19. The van der Waals surface area contributed by atoms with Crippen molar-refractivity contribution in [2.45, 2.75) is 25.9 Å². The van der Waals surface area contributed by atoms with Crippen LogP contribution in [0.15, 0.2) is 22.7 Å². The SMILES string of the molecule is CCCn1ncc(OC)c1C(N)c1ccc(Cl)o1. The molecule has 0 bridgehead atoms. The Morgan fingerprint density at radius 1 is 1.56 bits per heavy atom. The molecule has 0 saturated carbocycles. The molecule has 2 heterocycles. The first kappa shape index (κ1) is 13.0. The Morgan fingerprint density at radius 3 is 2.89 bits per heavy atom. The first-order chi connectivity index (χ1) is 8.67. The Labute approximate surface area is 110 Å². The number of methoxy groups -OCH3 is 1. The summed E-state index contributed by atoms with van der Waals surface area (Å²) < 4.78 is 12.5. The standard InChI is InChI=1S/C12H16ClN3O2/c1-3-6-16-12(9(17-2)7-15-16)11(14)8-4-5-10(13)18-8/h4-5,7,11H,3,6,14H2,1-2H3. The van der Waals surface area contributed by atoms with E-state index in [4.69, 9.17) is 26.5 Å². The second-order valence-corrected chi connectivity index (χ2v) is 4.31. The Balaban J connectivity index is 2.38. The topological polar surface area (TPSA) is 66.2 Å². The number of aromatic nitrogens is 2. The van der Waals surface area contributed by atoms with Gasteiger partial charge in [0.2, 0.25) is 0 Å². The molecule has 6 heteroatoms. The van der Waals surface area contributed by atoms with E-state index in [2.05, 4.69) is 12.0 Å². The van der Waals surface area contributed by atoms with Crippen LogP contribution in [0.25, 0.3) is 0 Å². The molecule has 0 aliphatic carbocycles. The lowest BCUT2D eigenvalue weighted by atomic mass is 10.1. The molecule has 0 fully saturated rings. The van der Waals surface area contributed by atoms with Gasteiger partial charge in [0, 0.05) is 6.54 Å². The Morgan fingerprint density at radius 2 is 2.33 bits per heavy atom. The second-order valence-electron chi connectivity index (χ2n) is 3.94. The molecule has 1 atom stereocenters. The number of furan rings is 1. The van der Waals surface area contributed by atoms with E-state index in [-0.39, 0.29) is 0 Å². The van der Waals surface area contributed by atoms with Crippen molar-refractivity contribution in [3.8, 4) is 5.75 Å². The van der Waals surface area contributed by atoms with Gasteiger partial charge in [-0.1, -0.05) is 6.92 Å². The van der Waals surface area contributed by atoms with E-state index in [0.717, 1.165) is 18.7 Å². The van der Waals surface area contributed by atoms with Gasteiger partial charge >= 0.3 is 0 Å². The number of hydrogen-bond acceptors (Lipinski definition) is 4. The van der Waals surface area contributed by atoms with Gasteiger partial charge in [0.15, 0.2) is 11.0 Å². The smallest absolute Gasteiger partial charge is 0.193 e. The fraction of sp³-hybridized carbons (Fsp3) is 0.417. The number of ether oxygens (including phenoxy) is 1. The summed E-state index contributed by atoms with van der Waals surface area (Å²) in [6.07, 6.45) is 2.62. The summed E-state index contributed by atoms with van der Waals surface area (Å²) in [5.74, 6) is 1.25. The highest BCUT2D eigenvalue weighted by Crippen LogP contribution is 2.30. The van der Waals surface area contributed by atoms with E-state index < -0.39 is 6.04 Å².